The molecule has 1 aliphatic heterocycles. The van der Waals surface area contributed by atoms with Crippen molar-refractivity contribution >= 4 is 11.6 Å². The molecule has 0 unspecified atom stereocenters. The summed E-state index contributed by atoms with van der Waals surface area (Å²) in [5.41, 5.74) is 7.45. The van der Waals surface area contributed by atoms with Crippen molar-refractivity contribution in [2.75, 3.05) is 0 Å². The van der Waals surface area contributed by atoms with Crippen LogP contribution in [0.25, 0.3) is 33.6 Å². The summed E-state index contributed by atoms with van der Waals surface area (Å²) < 4.78 is 19.9. The summed E-state index contributed by atoms with van der Waals surface area (Å²) in [5.74, 6) is 0.338. The Labute approximate surface area is 173 Å². The third-order valence-corrected chi connectivity index (χ3v) is 5.45. The van der Waals surface area contributed by atoms with Crippen molar-refractivity contribution in [2.24, 2.45) is 0 Å². The van der Waals surface area contributed by atoms with E-state index in [1.165, 1.54) is 17.7 Å². The van der Waals surface area contributed by atoms with Gasteiger partial charge >= 0.3 is 0 Å². The van der Waals surface area contributed by atoms with E-state index in [-0.39, 0.29) is 5.82 Å². The maximum absolute atomic E-state index is 14.0. The molecule has 142 valence electrons. The minimum atomic E-state index is -0.309. The SMILES string of the molecule is Cc1ccc(-c2cc(-c3ccc(Cl)cc3)c3c(n2)-c2cc(F)ccc2OC3)cc1. The van der Waals surface area contributed by atoms with Crippen LogP contribution in [0.3, 0.4) is 0 Å². The molecule has 0 saturated heterocycles. The van der Waals surface area contributed by atoms with Crippen molar-refractivity contribution in [3.05, 3.63) is 94.8 Å². The molecule has 0 amide bonds. The van der Waals surface area contributed by atoms with Gasteiger partial charge in [0, 0.05) is 21.7 Å². The normalized spacial score (nSPS) is 12.1. The Balaban J connectivity index is 1.79. The number of pyridine rings is 1. The summed E-state index contributed by atoms with van der Waals surface area (Å²) in [4.78, 5) is 4.93. The minimum Gasteiger partial charge on any atom is -0.488 e. The van der Waals surface area contributed by atoms with Gasteiger partial charge in [-0.05, 0) is 54.4 Å². The monoisotopic (exact) mass is 401 g/mol. The average Bonchev–Trinajstić information content (AvgIpc) is 2.74. The Morgan fingerprint density at radius 3 is 2.34 bits per heavy atom. The molecule has 5 rings (SSSR count). The fourth-order valence-electron chi connectivity index (χ4n) is 3.66. The first-order chi connectivity index (χ1) is 14.1. The highest BCUT2D eigenvalue weighted by atomic mass is 35.5. The quantitative estimate of drug-likeness (QED) is 0.358. The molecule has 2 heterocycles. The summed E-state index contributed by atoms with van der Waals surface area (Å²) in [6.07, 6.45) is 0. The topological polar surface area (TPSA) is 22.1 Å². The summed E-state index contributed by atoms with van der Waals surface area (Å²) in [7, 11) is 0. The molecule has 0 fully saturated rings. The van der Waals surface area contributed by atoms with E-state index < -0.39 is 0 Å². The number of fused-ring (bicyclic) bond motifs is 3. The van der Waals surface area contributed by atoms with Crippen molar-refractivity contribution in [3.63, 3.8) is 0 Å². The van der Waals surface area contributed by atoms with Crippen LogP contribution in [0, 0.1) is 12.7 Å². The van der Waals surface area contributed by atoms with Crippen LogP contribution in [-0.4, -0.2) is 4.98 Å². The molecule has 0 bridgehead atoms. The van der Waals surface area contributed by atoms with Crippen LogP contribution in [0.2, 0.25) is 5.02 Å². The standard InChI is InChI=1S/C25H17ClFNO/c1-15-2-4-17(5-3-15)23-13-20(16-6-8-18(26)9-7-16)22-14-29-24-11-10-19(27)12-21(24)25(22)28-23/h2-13H,14H2,1H3. The van der Waals surface area contributed by atoms with Crippen molar-refractivity contribution < 1.29 is 9.13 Å². The lowest BCUT2D eigenvalue weighted by molar-refractivity contribution is 0.301. The van der Waals surface area contributed by atoms with Gasteiger partial charge in [0.25, 0.3) is 0 Å². The zero-order valence-corrected chi connectivity index (χ0v) is 16.5. The fraction of sp³-hybridized carbons (Fsp3) is 0.0800. The molecule has 0 spiro atoms. The van der Waals surface area contributed by atoms with Crippen LogP contribution in [0.5, 0.6) is 5.75 Å². The first-order valence-corrected chi connectivity index (χ1v) is 9.76. The summed E-state index contributed by atoms with van der Waals surface area (Å²) in [5, 5.41) is 0.680. The molecule has 4 aromatic rings. The minimum absolute atomic E-state index is 0.309. The molecule has 3 aromatic carbocycles. The summed E-state index contributed by atoms with van der Waals surface area (Å²) in [6.45, 7) is 2.44. The third kappa shape index (κ3) is 3.28. The Morgan fingerprint density at radius 2 is 1.59 bits per heavy atom. The van der Waals surface area contributed by atoms with Gasteiger partial charge in [-0.3, -0.25) is 0 Å². The molecule has 1 aromatic heterocycles. The van der Waals surface area contributed by atoms with Gasteiger partial charge in [-0.25, -0.2) is 9.37 Å². The highest BCUT2D eigenvalue weighted by molar-refractivity contribution is 6.30. The van der Waals surface area contributed by atoms with E-state index in [2.05, 4.69) is 37.3 Å². The molecule has 0 N–H and O–H groups in total. The Kier molecular flexibility index (Phi) is 4.33. The van der Waals surface area contributed by atoms with E-state index in [1.54, 1.807) is 6.07 Å². The summed E-state index contributed by atoms with van der Waals surface area (Å²) in [6, 6.07) is 22.6. The van der Waals surface area contributed by atoms with Crippen LogP contribution in [0.4, 0.5) is 4.39 Å². The molecule has 1 aliphatic rings. The molecule has 0 atom stereocenters. The van der Waals surface area contributed by atoms with Gasteiger partial charge in [0.05, 0.1) is 11.4 Å². The van der Waals surface area contributed by atoms with E-state index in [1.807, 2.05) is 24.3 Å². The first-order valence-electron chi connectivity index (χ1n) is 9.38. The van der Waals surface area contributed by atoms with Crippen LogP contribution >= 0.6 is 11.6 Å². The lowest BCUT2D eigenvalue weighted by Crippen LogP contribution is -2.10. The zero-order chi connectivity index (χ0) is 20.0. The second kappa shape index (κ2) is 7.02. The van der Waals surface area contributed by atoms with Crippen molar-refractivity contribution in [1.82, 2.24) is 4.98 Å². The van der Waals surface area contributed by atoms with Gasteiger partial charge in [0.2, 0.25) is 0 Å². The Hall–Kier alpha value is -3.17. The van der Waals surface area contributed by atoms with Gasteiger partial charge < -0.3 is 4.74 Å². The van der Waals surface area contributed by atoms with Crippen LogP contribution in [0.1, 0.15) is 11.1 Å². The zero-order valence-electron chi connectivity index (χ0n) is 15.7. The van der Waals surface area contributed by atoms with E-state index in [0.29, 0.717) is 22.9 Å². The van der Waals surface area contributed by atoms with Gasteiger partial charge in [-0.15, -0.1) is 0 Å². The van der Waals surface area contributed by atoms with E-state index >= 15 is 0 Å². The van der Waals surface area contributed by atoms with Gasteiger partial charge in [0.1, 0.15) is 18.2 Å². The highest BCUT2D eigenvalue weighted by Crippen LogP contribution is 2.42. The van der Waals surface area contributed by atoms with Crippen molar-refractivity contribution in [2.45, 2.75) is 13.5 Å². The van der Waals surface area contributed by atoms with Crippen LogP contribution in [0.15, 0.2) is 72.8 Å². The van der Waals surface area contributed by atoms with Crippen molar-refractivity contribution in [1.29, 1.82) is 0 Å². The number of aryl methyl sites for hydroxylation is 1. The van der Waals surface area contributed by atoms with E-state index in [0.717, 1.165) is 33.6 Å². The number of nitrogens with zero attached hydrogens (tertiary/aromatic N) is 1. The van der Waals surface area contributed by atoms with Gasteiger partial charge in [0.15, 0.2) is 0 Å². The molecular weight excluding hydrogens is 385 g/mol. The van der Waals surface area contributed by atoms with Crippen molar-refractivity contribution in [3.8, 4) is 39.4 Å². The molecule has 2 nitrogen and oxygen atoms in total. The third-order valence-electron chi connectivity index (χ3n) is 5.20. The number of hydrogen-bond donors (Lipinski definition) is 0. The predicted molar refractivity (Wildman–Crippen MR) is 115 cm³/mol. The molecule has 29 heavy (non-hydrogen) atoms. The molecular formula is C25H17ClFNO. The fourth-order valence-corrected chi connectivity index (χ4v) is 3.79. The maximum atomic E-state index is 14.0. The van der Waals surface area contributed by atoms with E-state index in [9.17, 15) is 4.39 Å². The Morgan fingerprint density at radius 1 is 0.862 bits per heavy atom. The number of aromatic nitrogens is 1. The number of rotatable bonds is 2. The lowest BCUT2D eigenvalue weighted by Gasteiger charge is -2.24. The second-order valence-corrected chi connectivity index (χ2v) is 7.62. The maximum Gasteiger partial charge on any atom is 0.129 e. The van der Waals surface area contributed by atoms with Crippen LogP contribution < -0.4 is 4.74 Å². The van der Waals surface area contributed by atoms with Gasteiger partial charge in [-0.2, -0.15) is 0 Å². The molecule has 0 radical (unpaired) electrons. The van der Waals surface area contributed by atoms with E-state index in [4.69, 9.17) is 21.3 Å². The lowest BCUT2D eigenvalue weighted by atomic mass is 9.92. The largest absolute Gasteiger partial charge is 0.488 e. The molecule has 0 saturated carbocycles. The smallest absolute Gasteiger partial charge is 0.129 e. The van der Waals surface area contributed by atoms with Gasteiger partial charge in [-0.1, -0.05) is 53.6 Å². The highest BCUT2D eigenvalue weighted by Gasteiger charge is 2.24. The number of ether oxygens (including phenoxy) is 1. The first kappa shape index (κ1) is 17.9. The molecule has 0 aliphatic carbocycles. The molecule has 4 heteroatoms. The van der Waals surface area contributed by atoms with Crippen LogP contribution in [-0.2, 0) is 6.61 Å². The second-order valence-electron chi connectivity index (χ2n) is 7.18. The number of benzene rings is 3. The average molecular weight is 402 g/mol. The Bertz CT molecular complexity index is 1220. The predicted octanol–water partition coefficient (Wildman–Crippen LogP) is 7.08. The number of halogens is 2. The summed E-state index contributed by atoms with van der Waals surface area (Å²) >= 11 is 6.09. The number of hydrogen-bond acceptors (Lipinski definition) is 2.